The second-order valence-electron chi connectivity index (χ2n) is 6.33. The number of carbonyl (C=O) groups is 1. The number of carbonyl (C=O) groups excluding carboxylic acids is 1. The van der Waals surface area contributed by atoms with Crippen LogP contribution >= 0.6 is 0 Å². The SMILES string of the molecule is C=CCC(CC(C)C(F)F)O[Si](C)(C)C.O=C1C=CCC1. The third kappa shape index (κ3) is 11.5. The normalized spacial score (nSPS) is 17.4. The monoisotopic (exact) mass is 318 g/mol. The van der Waals surface area contributed by atoms with Gasteiger partial charge in [0.1, 0.15) is 0 Å². The molecule has 0 radical (unpaired) electrons. The van der Waals surface area contributed by atoms with Crippen molar-refractivity contribution < 1.29 is 18.0 Å². The molecule has 0 aromatic rings. The van der Waals surface area contributed by atoms with Crippen LogP contribution in [0.4, 0.5) is 8.78 Å². The van der Waals surface area contributed by atoms with Crippen molar-refractivity contribution >= 4 is 14.1 Å². The molecule has 122 valence electrons. The van der Waals surface area contributed by atoms with Crippen LogP contribution in [0.3, 0.4) is 0 Å². The van der Waals surface area contributed by atoms with E-state index in [1.54, 1.807) is 19.1 Å². The lowest BCUT2D eigenvalue weighted by atomic mass is 10.0. The van der Waals surface area contributed by atoms with Gasteiger partial charge in [-0.25, -0.2) is 8.78 Å². The summed E-state index contributed by atoms with van der Waals surface area (Å²) in [7, 11) is -1.65. The Hall–Kier alpha value is -0.813. The van der Waals surface area contributed by atoms with Crippen LogP contribution in [0.15, 0.2) is 24.8 Å². The van der Waals surface area contributed by atoms with E-state index in [0.29, 0.717) is 12.8 Å². The Labute approximate surface area is 128 Å². The van der Waals surface area contributed by atoms with Crippen molar-refractivity contribution in [1.82, 2.24) is 0 Å². The third-order valence-electron chi connectivity index (χ3n) is 2.88. The fraction of sp³-hybridized carbons (Fsp3) is 0.688. The molecule has 0 N–H and O–H groups in total. The van der Waals surface area contributed by atoms with E-state index in [9.17, 15) is 13.6 Å². The summed E-state index contributed by atoms with van der Waals surface area (Å²) in [6, 6.07) is 0. The quantitative estimate of drug-likeness (QED) is 0.489. The highest BCUT2D eigenvalue weighted by Crippen LogP contribution is 2.21. The Kier molecular flexibility index (Phi) is 9.62. The molecule has 0 aromatic heterocycles. The number of ketones is 1. The molecular weight excluding hydrogens is 290 g/mol. The van der Waals surface area contributed by atoms with Gasteiger partial charge in [-0.1, -0.05) is 19.1 Å². The third-order valence-corrected chi connectivity index (χ3v) is 3.92. The van der Waals surface area contributed by atoms with Crippen LogP contribution in [0.1, 0.15) is 32.6 Å². The lowest BCUT2D eigenvalue weighted by molar-refractivity contribution is -0.114. The number of halogens is 2. The maximum Gasteiger partial charge on any atom is 0.241 e. The molecule has 0 heterocycles. The van der Waals surface area contributed by atoms with Crippen molar-refractivity contribution in [3.05, 3.63) is 24.8 Å². The van der Waals surface area contributed by atoms with E-state index in [2.05, 4.69) is 26.2 Å². The molecular formula is C16H28F2O2Si. The van der Waals surface area contributed by atoms with Gasteiger partial charge in [-0.2, -0.15) is 0 Å². The zero-order valence-electron chi connectivity index (χ0n) is 13.6. The highest BCUT2D eigenvalue weighted by atomic mass is 28.4. The van der Waals surface area contributed by atoms with Gasteiger partial charge in [0, 0.05) is 18.4 Å². The average Bonchev–Trinajstić information content (AvgIpc) is 2.79. The number of alkyl halides is 2. The van der Waals surface area contributed by atoms with Crippen molar-refractivity contribution in [3.63, 3.8) is 0 Å². The average molecular weight is 318 g/mol. The van der Waals surface area contributed by atoms with E-state index in [1.165, 1.54) is 0 Å². The van der Waals surface area contributed by atoms with Gasteiger partial charge in [0.2, 0.25) is 6.43 Å². The molecule has 0 spiro atoms. The first-order valence-corrected chi connectivity index (χ1v) is 10.8. The van der Waals surface area contributed by atoms with Gasteiger partial charge in [0.25, 0.3) is 0 Å². The Morgan fingerprint density at radius 3 is 2.33 bits per heavy atom. The van der Waals surface area contributed by atoms with Gasteiger partial charge in [0.15, 0.2) is 14.1 Å². The largest absolute Gasteiger partial charge is 0.414 e. The minimum absolute atomic E-state index is 0.0989. The van der Waals surface area contributed by atoms with Crippen LogP contribution in [0, 0.1) is 5.92 Å². The predicted octanol–water partition coefficient (Wildman–Crippen LogP) is 4.98. The zero-order valence-corrected chi connectivity index (χ0v) is 14.6. The standard InChI is InChI=1S/C11H22F2OSi.C5H6O/c1-6-7-10(14-15(3,4)5)8-9(2)11(12)13;6-5-3-1-2-4-5/h6,9-11H,1,7-8H2,2-5H3;1,3H,2,4H2. The van der Waals surface area contributed by atoms with E-state index in [0.717, 1.165) is 12.8 Å². The highest BCUT2D eigenvalue weighted by molar-refractivity contribution is 6.69. The molecule has 0 saturated heterocycles. The molecule has 2 nitrogen and oxygen atoms in total. The van der Waals surface area contributed by atoms with Gasteiger partial charge >= 0.3 is 0 Å². The molecule has 0 aliphatic heterocycles. The first kappa shape index (κ1) is 20.2. The van der Waals surface area contributed by atoms with Gasteiger partial charge in [-0.05, 0) is 45.0 Å². The van der Waals surface area contributed by atoms with Crippen LogP contribution in [-0.2, 0) is 9.22 Å². The number of allylic oxidation sites excluding steroid dienone is 2. The van der Waals surface area contributed by atoms with Crippen LogP contribution in [0.5, 0.6) is 0 Å². The molecule has 2 atom stereocenters. The summed E-state index contributed by atoms with van der Waals surface area (Å²) in [5.41, 5.74) is 0. The summed E-state index contributed by atoms with van der Waals surface area (Å²) in [6.07, 6.45) is 5.68. The summed E-state index contributed by atoms with van der Waals surface area (Å²) in [5, 5.41) is 0. The van der Waals surface area contributed by atoms with Crippen LogP contribution in [0.2, 0.25) is 19.6 Å². The first-order chi connectivity index (χ1) is 9.65. The van der Waals surface area contributed by atoms with Crippen molar-refractivity contribution in [3.8, 4) is 0 Å². The topological polar surface area (TPSA) is 26.3 Å². The number of hydrogen-bond acceptors (Lipinski definition) is 2. The Morgan fingerprint density at radius 1 is 1.43 bits per heavy atom. The molecule has 1 aliphatic rings. The molecule has 5 heteroatoms. The molecule has 1 aliphatic carbocycles. The van der Waals surface area contributed by atoms with Gasteiger partial charge in [0.05, 0.1) is 0 Å². The van der Waals surface area contributed by atoms with Gasteiger partial charge in [-0.15, -0.1) is 6.58 Å². The van der Waals surface area contributed by atoms with Crippen molar-refractivity contribution in [2.75, 3.05) is 0 Å². The molecule has 0 aromatic carbocycles. The van der Waals surface area contributed by atoms with Gasteiger partial charge < -0.3 is 4.43 Å². The van der Waals surface area contributed by atoms with Gasteiger partial charge in [-0.3, -0.25) is 4.79 Å². The van der Waals surface area contributed by atoms with E-state index in [4.69, 9.17) is 4.43 Å². The lowest BCUT2D eigenvalue weighted by Crippen LogP contribution is -2.33. The van der Waals surface area contributed by atoms with E-state index >= 15 is 0 Å². The second-order valence-corrected chi connectivity index (χ2v) is 10.8. The summed E-state index contributed by atoms with van der Waals surface area (Å²) in [5.74, 6) is -0.332. The predicted molar refractivity (Wildman–Crippen MR) is 86.2 cm³/mol. The van der Waals surface area contributed by atoms with Crippen LogP contribution in [-0.4, -0.2) is 26.6 Å². The zero-order chi connectivity index (χ0) is 16.5. The Morgan fingerprint density at radius 2 is 2.05 bits per heavy atom. The van der Waals surface area contributed by atoms with E-state index < -0.39 is 20.7 Å². The second kappa shape index (κ2) is 10.0. The molecule has 0 bridgehead atoms. The summed E-state index contributed by atoms with van der Waals surface area (Å²) >= 11 is 0. The molecule has 2 unspecified atom stereocenters. The summed E-state index contributed by atoms with van der Waals surface area (Å²) < 4.78 is 30.6. The molecule has 0 amide bonds. The minimum atomic E-state index is -2.26. The van der Waals surface area contributed by atoms with Crippen LogP contribution in [0.25, 0.3) is 0 Å². The Bertz CT molecular complexity index is 349. The fourth-order valence-corrected chi connectivity index (χ4v) is 3.11. The lowest BCUT2D eigenvalue weighted by Gasteiger charge is -2.27. The first-order valence-electron chi connectivity index (χ1n) is 7.42. The summed E-state index contributed by atoms with van der Waals surface area (Å²) in [4.78, 5) is 10.2. The van der Waals surface area contributed by atoms with E-state index in [-0.39, 0.29) is 11.9 Å². The number of hydrogen-bond donors (Lipinski definition) is 0. The van der Waals surface area contributed by atoms with E-state index in [1.807, 2.05) is 6.08 Å². The summed E-state index contributed by atoms with van der Waals surface area (Å²) in [6.45, 7) is 11.4. The smallest absolute Gasteiger partial charge is 0.241 e. The fourth-order valence-electron chi connectivity index (χ4n) is 1.92. The molecule has 1 rings (SSSR count). The Balaban J connectivity index is 0.000000547. The minimum Gasteiger partial charge on any atom is -0.414 e. The van der Waals surface area contributed by atoms with Crippen molar-refractivity contribution in [2.24, 2.45) is 5.92 Å². The maximum absolute atomic E-state index is 12.4. The van der Waals surface area contributed by atoms with Crippen molar-refractivity contribution in [2.45, 2.75) is 64.8 Å². The maximum atomic E-state index is 12.4. The molecule has 21 heavy (non-hydrogen) atoms. The highest BCUT2D eigenvalue weighted by Gasteiger charge is 2.24. The number of rotatable bonds is 7. The molecule has 0 fully saturated rings. The van der Waals surface area contributed by atoms with Crippen molar-refractivity contribution in [1.29, 1.82) is 0 Å². The molecule has 0 saturated carbocycles. The van der Waals surface area contributed by atoms with Crippen LogP contribution < -0.4 is 0 Å².